The summed E-state index contributed by atoms with van der Waals surface area (Å²) in [5.74, 6) is -0.0552. The summed E-state index contributed by atoms with van der Waals surface area (Å²) in [5.41, 5.74) is 0.494. The number of aliphatic carboxylic acids is 1. The fourth-order valence-electron chi connectivity index (χ4n) is 2.25. The van der Waals surface area contributed by atoms with Crippen LogP contribution in [0.3, 0.4) is 0 Å². The van der Waals surface area contributed by atoms with Crippen molar-refractivity contribution >= 4 is 11.9 Å². The van der Waals surface area contributed by atoms with Gasteiger partial charge in [-0.25, -0.2) is 0 Å². The smallest absolute Gasteiger partial charge is 0.303 e. The third-order valence-electron chi connectivity index (χ3n) is 3.32. The van der Waals surface area contributed by atoms with Gasteiger partial charge in [-0.15, -0.1) is 0 Å². The van der Waals surface area contributed by atoms with Crippen LogP contribution in [0.1, 0.15) is 35.4 Å². The second-order valence-corrected chi connectivity index (χ2v) is 4.63. The largest absolute Gasteiger partial charge is 0.481 e. The molecule has 6 nitrogen and oxygen atoms in total. The highest BCUT2D eigenvalue weighted by Gasteiger charge is 2.28. The Morgan fingerprint density at radius 2 is 2.39 bits per heavy atom. The van der Waals surface area contributed by atoms with E-state index in [0.717, 1.165) is 6.42 Å². The van der Waals surface area contributed by atoms with E-state index in [4.69, 9.17) is 9.63 Å². The van der Waals surface area contributed by atoms with E-state index in [2.05, 4.69) is 5.16 Å². The van der Waals surface area contributed by atoms with Gasteiger partial charge >= 0.3 is 5.97 Å². The molecule has 1 aromatic heterocycles. The van der Waals surface area contributed by atoms with Gasteiger partial charge in [-0.3, -0.25) is 9.59 Å². The van der Waals surface area contributed by atoms with Crippen molar-refractivity contribution in [1.29, 1.82) is 0 Å². The van der Waals surface area contributed by atoms with Gasteiger partial charge in [-0.2, -0.15) is 0 Å². The minimum absolute atomic E-state index is 0.0772. The maximum atomic E-state index is 12.1. The van der Waals surface area contributed by atoms with E-state index in [1.54, 1.807) is 11.8 Å². The van der Waals surface area contributed by atoms with Gasteiger partial charge in [0.05, 0.1) is 6.20 Å². The molecule has 1 amide bonds. The minimum atomic E-state index is -0.783. The molecule has 1 N–H and O–H groups in total. The first-order chi connectivity index (χ1) is 8.58. The Morgan fingerprint density at radius 1 is 1.61 bits per heavy atom. The summed E-state index contributed by atoms with van der Waals surface area (Å²) in [6.07, 6.45) is 3.09. The summed E-state index contributed by atoms with van der Waals surface area (Å²) in [6.45, 7) is 3.00. The van der Waals surface area contributed by atoms with Crippen molar-refractivity contribution in [1.82, 2.24) is 10.1 Å². The average Bonchev–Trinajstić information content (AvgIpc) is 2.94. The Balaban J connectivity index is 1.91. The number of carboxylic acids is 1. The van der Waals surface area contributed by atoms with Gasteiger partial charge in [0.1, 0.15) is 11.3 Å². The van der Waals surface area contributed by atoms with Crippen molar-refractivity contribution in [3.05, 3.63) is 17.5 Å². The molecule has 18 heavy (non-hydrogen) atoms. The standard InChI is InChI=1S/C12H16N2O4/c1-8-10(6-13-18-8)12(17)14-5-4-9(7-14)2-3-11(15)16/h6,9H,2-5,7H2,1H3,(H,15,16). The molecular formula is C12H16N2O4. The van der Waals surface area contributed by atoms with Crippen LogP contribution in [0.15, 0.2) is 10.7 Å². The molecule has 1 aliphatic heterocycles. The Morgan fingerprint density at radius 3 is 3.00 bits per heavy atom. The first-order valence-electron chi connectivity index (χ1n) is 6.00. The zero-order valence-corrected chi connectivity index (χ0v) is 10.3. The lowest BCUT2D eigenvalue weighted by Gasteiger charge is -2.15. The molecule has 1 aliphatic rings. The van der Waals surface area contributed by atoms with Crippen molar-refractivity contribution in [2.24, 2.45) is 5.92 Å². The summed E-state index contributed by atoms with van der Waals surface area (Å²) in [7, 11) is 0. The number of aryl methyl sites for hydroxylation is 1. The van der Waals surface area contributed by atoms with Crippen molar-refractivity contribution in [3.8, 4) is 0 Å². The van der Waals surface area contributed by atoms with Crippen LogP contribution in [0, 0.1) is 12.8 Å². The third kappa shape index (κ3) is 2.69. The van der Waals surface area contributed by atoms with Crippen molar-refractivity contribution in [3.63, 3.8) is 0 Å². The van der Waals surface area contributed by atoms with E-state index in [0.29, 0.717) is 30.8 Å². The van der Waals surface area contributed by atoms with E-state index >= 15 is 0 Å². The molecule has 1 aromatic rings. The molecule has 0 saturated carbocycles. The topological polar surface area (TPSA) is 83.6 Å². The predicted octanol–water partition coefficient (Wildman–Crippen LogP) is 1.31. The molecule has 1 fully saturated rings. The van der Waals surface area contributed by atoms with Crippen LogP contribution < -0.4 is 0 Å². The fraction of sp³-hybridized carbons (Fsp3) is 0.583. The van der Waals surface area contributed by atoms with Crippen molar-refractivity contribution in [2.75, 3.05) is 13.1 Å². The molecule has 1 atom stereocenters. The Hall–Kier alpha value is -1.85. The van der Waals surface area contributed by atoms with E-state index in [1.807, 2.05) is 0 Å². The number of carbonyl (C=O) groups excluding carboxylic acids is 1. The van der Waals surface area contributed by atoms with Crippen LogP contribution in [0.2, 0.25) is 0 Å². The van der Waals surface area contributed by atoms with Crippen LogP contribution in [0.25, 0.3) is 0 Å². The third-order valence-corrected chi connectivity index (χ3v) is 3.32. The van der Waals surface area contributed by atoms with E-state index in [9.17, 15) is 9.59 Å². The van der Waals surface area contributed by atoms with Gasteiger partial charge in [0.25, 0.3) is 5.91 Å². The highest BCUT2D eigenvalue weighted by Crippen LogP contribution is 2.23. The van der Waals surface area contributed by atoms with Gasteiger partial charge in [-0.05, 0) is 25.7 Å². The van der Waals surface area contributed by atoms with Gasteiger partial charge in [0.2, 0.25) is 0 Å². The zero-order chi connectivity index (χ0) is 13.1. The Bertz CT molecular complexity index is 455. The minimum Gasteiger partial charge on any atom is -0.481 e. The van der Waals surface area contributed by atoms with Gasteiger partial charge in [0, 0.05) is 19.5 Å². The molecular weight excluding hydrogens is 236 g/mol. The molecule has 2 rings (SSSR count). The quantitative estimate of drug-likeness (QED) is 0.873. The highest BCUT2D eigenvalue weighted by atomic mass is 16.5. The molecule has 0 radical (unpaired) electrons. The van der Waals surface area contributed by atoms with E-state index in [-0.39, 0.29) is 18.2 Å². The lowest BCUT2D eigenvalue weighted by Crippen LogP contribution is -2.28. The molecule has 1 saturated heterocycles. The first-order valence-corrected chi connectivity index (χ1v) is 6.00. The average molecular weight is 252 g/mol. The van der Waals surface area contributed by atoms with Crippen molar-refractivity contribution in [2.45, 2.75) is 26.2 Å². The number of carboxylic acid groups (broad SMARTS) is 1. The summed E-state index contributed by atoms with van der Waals surface area (Å²) in [5, 5.41) is 12.2. The number of hydrogen-bond donors (Lipinski definition) is 1. The molecule has 0 spiro atoms. The summed E-state index contributed by atoms with van der Waals surface area (Å²) >= 11 is 0. The summed E-state index contributed by atoms with van der Waals surface area (Å²) < 4.78 is 4.88. The number of carbonyl (C=O) groups is 2. The number of likely N-dealkylation sites (tertiary alicyclic amines) is 1. The van der Waals surface area contributed by atoms with E-state index < -0.39 is 5.97 Å². The number of nitrogens with zero attached hydrogens (tertiary/aromatic N) is 2. The summed E-state index contributed by atoms with van der Waals surface area (Å²) in [4.78, 5) is 24.4. The molecule has 2 heterocycles. The van der Waals surface area contributed by atoms with Gasteiger partial charge in [0.15, 0.2) is 0 Å². The molecule has 1 unspecified atom stereocenters. The summed E-state index contributed by atoms with van der Waals surface area (Å²) in [6, 6.07) is 0. The van der Waals surface area contributed by atoms with Gasteiger partial charge in [-0.1, -0.05) is 5.16 Å². The van der Waals surface area contributed by atoms with Crippen LogP contribution in [-0.4, -0.2) is 40.1 Å². The normalized spacial score (nSPS) is 19.2. The number of hydrogen-bond acceptors (Lipinski definition) is 4. The lowest BCUT2D eigenvalue weighted by atomic mass is 10.0. The number of aromatic nitrogens is 1. The Kier molecular flexibility index (Phi) is 3.64. The molecule has 0 bridgehead atoms. The van der Waals surface area contributed by atoms with Crippen LogP contribution >= 0.6 is 0 Å². The molecule has 0 aliphatic carbocycles. The SMILES string of the molecule is Cc1oncc1C(=O)N1CCC(CCC(=O)O)C1. The van der Waals surface area contributed by atoms with E-state index in [1.165, 1.54) is 6.20 Å². The van der Waals surface area contributed by atoms with Gasteiger partial charge < -0.3 is 14.5 Å². The zero-order valence-electron chi connectivity index (χ0n) is 10.3. The number of rotatable bonds is 4. The molecule has 0 aromatic carbocycles. The maximum Gasteiger partial charge on any atom is 0.303 e. The fourth-order valence-corrected chi connectivity index (χ4v) is 2.25. The second-order valence-electron chi connectivity index (χ2n) is 4.63. The molecule has 6 heteroatoms. The van der Waals surface area contributed by atoms with Crippen LogP contribution in [0.4, 0.5) is 0 Å². The molecule has 98 valence electrons. The van der Waals surface area contributed by atoms with Crippen molar-refractivity contribution < 1.29 is 19.2 Å². The van der Waals surface area contributed by atoms with Crippen LogP contribution in [0.5, 0.6) is 0 Å². The first kappa shape index (κ1) is 12.6. The maximum absolute atomic E-state index is 12.1. The monoisotopic (exact) mass is 252 g/mol. The number of amides is 1. The second kappa shape index (κ2) is 5.20. The highest BCUT2D eigenvalue weighted by molar-refractivity contribution is 5.94. The predicted molar refractivity (Wildman–Crippen MR) is 62.1 cm³/mol. The van der Waals surface area contributed by atoms with Crippen LogP contribution in [-0.2, 0) is 4.79 Å². The lowest BCUT2D eigenvalue weighted by molar-refractivity contribution is -0.137. The Labute approximate surface area is 105 Å².